The molecule has 0 amide bonds. The Morgan fingerprint density at radius 2 is 0.561 bits per heavy atom. The topological polar surface area (TPSA) is 51.6 Å². The van der Waals surface area contributed by atoms with Gasteiger partial charge in [-0.1, -0.05) is 231 Å². The Morgan fingerprint density at radius 3 is 0.988 bits per heavy atom. The van der Waals surface area contributed by atoms with Crippen LogP contribution < -0.4 is 0 Å². The van der Waals surface area contributed by atoms with Crippen molar-refractivity contribution in [1.82, 2.24) is 19.9 Å². The lowest BCUT2D eigenvalue weighted by atomic mass is 9.61. The molecule has 82 heavy (non-hydrogen) atoms. The third-order valence-corrected chi connectivity index (χ3v) is 19.4. The van der Waals surface area contributed by atoms with E-state index in [0.29, 0.717) is 11.6 Å². The first-order valence-electron chi connectivity index (χ1n) is 27.9. The second kappa shape index (κ2) is 18.8. The van der Waals surface area contributed by atoms with E-state index in [4.69, 9.17) is 19.9 Å². The molecule has 3 aliphatic rings. The smallest absolute Gasteiger partial charge is 0.160 e. The van der Waals surface area contributed by atoms with Gasteiger partial charge >= 0.3 is 0 Å². The highest BCUT2D eigenvalue weighted by atomic mass is 32.1. The molecular weight excluding hydrogens is 1030 g/mol. The molecule has 4 nitrogen and oxygen atoms in total. The molecule has 0 saturated heterocycles. The Balaban J connectivity index is 0.740. The van der Waals surface area contributed by atoms with Crippen LogP contribution in [0.15, 0.2) is 267 Å². The quantitative estimate of drug-likeness (QED) is 0.152. The van der Waals surface area contributed by atoms with Crippen LogP contribution in [0.25, 0.3) is 130 Å². The molecule has 2 bridgehead atoms. The highest BCUT2D eigenvalue weighted by Gasteiger charge is 2.41. The maximum atomic E-state index is 5.40. The van der Waals surface area contributed by atoms with E-state index < -0.39 is 0 Å². The molecule has 11 aromatic carbocycles. The molecule has 0 fully saturated rings. The van der Waals surface area contributed by atoms with Crippen molar-refractivity contribution in [1.29, 1.82) is 0 Å². The van der Waals surface area contributed by atoms with Gasteiger partial charge in [0.25, 0.3) is 0 Å². The van der Waals surface area contributed by atoms with Crippen molar-refractivity contribution in [3.05, 3.63) is 300 Å². The number of thiophene rings is 2. The highest BCUT2D eigenvalue weighted by Crippen LogP contribution is 2.57. The van der Waals surface area contributed by atoms with Crippen LogP contribution in [0, 0.1) is 0 Å². The SMILES string of the molecule is c1ccc(-c2cc(-c3ccc(-c4cccc5c4sc4ccccc45)cc3)nc(-c3ccc4c(c3)C3c5ccccc5C4c4cc(-c5nc(-c6ccccc6)cc(-c6ccc(-c7cccc8c7sc7ccccc78)cc6)n5)ccc43)n2)cc1. The van der Waals surface area contributed by atoms with Crippen molar-refractivity contribution in [2.75, 3.05) is 0 Å². The maximum Gasteiger partial charge on any atom is 0.160 e. The van der Waals surface area contributed by atoms with E-state index >= 15 is 0 Å². The number of fused-ring (bicyclic) bond motifs is 6. The van der Waals surface area contributed by atoms with Crippen molar-refractivity contribution < 1.29 is 0 Å². The summed E-state index contributed by atoms with van der Waals surface area (Å²) >= 11 is 3.73. The van der Waals surface area contributed by atoms with Gasteiger partial charge in [0.2, 0.25) is 0 Å². The van der Waals surface area contributed by atoms with E-state index in [1.807, 2.05) is 22.7 Å². The lowest BCUT2D eigenvalue weighted by Crippen LogP contribution is -2.27. The van der Waals surface area contributed by atoms with Gasteiger partial charge in [0, 0.05) is 85.6 Å². The monoisotopic (exact) mass is 1080 g/mol. The Bertz CT molecular complexity index is 4720. The standard InChI is InChI=1S/C76H46N4S2/c1-3-15-47(16-4-1)65-43-67(49-33-29-45(30-34-49)53-23-13-25-61-55-19-9-11-27-69(55)81-73(53)61)79-75(77-65)51-37-39-59-63(41-51)71-57-21-7-8-22-58(57)72(59)64-42-52(38-40-60(64)71)76-78-66(48-17-5-2-6-18-48)44-68(80-76)50-35-31-46(32-36-50)54-24-14-26-62-56-20-10-12-28-70(56)82-74(54)62/h1-44,71-72H. The zero-order valence-corrected chi connectivity index (χ0v) is 45.8. The van der Waals surface area contributed by atoms with Crippen LogP contribution in [0.1, 0.15) is 45.2 Å². The largest absolute Gasteiger partial charge is 0.228 e. The molecule has 0 aliphatic heterocycles. The van der Waals surface area contributed by atoms with Crippen molar-refractivity contribution in [3.63, 3.8) is 0 Å². The zero-order valence-electron chi connectivity index (χ0n) is 44.2. The molecule has 15 aromatic rings. The molecule has 0 spiro atoms. The van der Waals surface area contributed by atoms with Crippen LogP contribution >= 0.6 is 22.7 Å². The Hall–Kier alpha value is -9.98. The summed E-state index contributed by atoms with van der Waals surface area (Å²) in [4.78, 5) is 21.5. The van der Waals surface area contributed by atoms with Gasteiger partial charge in [0.1, 0.15) is 0 Å². The van der Waals surface area contributed by atoms with Crippen molar-refractivity contribution in [3.8, 4) is 90.1 Å². The van der Waals surface area contributed by atoms with Gasteiger partial charge in [-0.3, -0.25) is 0 Å². The fraction of sp³-hybridized carbons (Fsp3) is 0.0263. The molecule has 18 rings (SSSR count). The summed E-state index contributed by atoms with van der Waals surface area (Å²) in [6.07, 6.45) is 0. The average Bonchev–Trinajstić information content (AvgIpc) is 1.41. The number of hydrogen-bond acceptors (Lipinski definition) is 6. The number of nitrogens with zero attached hydrogens (tertiary/aromatic N) is 4. The predicted molar refractivity (Wildman–Crippen MR) is 342 cm³/mol. The van der Waals surface area contributed by atoms with Crippen LogP contribution in [0.5, 0.6) is 0 Å². The average molecular weight is 1080 g/mol. The van der Waals surface area contributed by atoms with Gasteiger partial charge in [0.15, 0.2) is 11.6 Å². The molecule has 0 N–H and O–H groups in total. The van der Waals surface area contributed by atoms with Crippen LogP contribution in [0.3, 0.4) is 0 Å². The van der Waals surface area contributed by atoms with Gasteiger partial charge in [-0.2, -0.15) is 0 Å². The first kappa shape index (κ1) is 46.9. The van der Waals surface area contributed by atoms with Crippen LogP contribution in [0.4, 0.5) is 0 Å². The highest BCUT2D eigenvalue weighted by molar-refractivity contribution is 7.26. The van der Waals surface area contributed by atoms with Gasteiger partial charge in [-0.15, -0.1) is 22.7 Å². The number of hydrogen-bond donors (Lipinski definition) is 0. The lowest BCUT2D eigenvalue weighted by Gasteiger charge is -2.42. The fourth-order valence-corrected chi connectivity index (χ4v) is 15.5. The van der Waals surface area contributed by atoms with E-state index in [9.17, 15) is 0 Å². The summed E-state index contributed by atoms with van der Waals surface area (Å²) in [5.41, 5.74) is 22.5. The number of rotatable bonds is 8. The fourth-order valence-electron chi connectivity index (χ4n) is 13.0. The first-order chi connectivity index (χ1) is 40.6. The Labute approximate surface area is 482 Å². The molecule has 4 aromatic heterocycles. The molecule has 382 valence electrons. The predicted octanol–water partition coefficient (Wildman–Crippen LogP) is 20.3. The van der Waals surface area contributed by atoms with Gasteiger partial charge in [-0.05, 0) is 92.0 Å². The molecule has 6 heteroatoms. The maximum absolute atomic E-state index is 5.40. The van der Waals surface area contributed by atoms with Crippen LogP contribution in [-0.4, -0.2) is 19.9 Å². The third-order valence-electron chi connectivity index (χ3n) is 16.9. The first-order valence-corrected chi connectivity index (χ1v) is 29.5. The van der Waals surface area contributed by atoms with Crippen molar-refractivity contribution >= 4 is 63.0 Å². The molecule has 2 unspecified atom stereocenters. The van der Waals surface area contributed by atoms with Gasteiger partial charge in [-0.25, -0.2) is 19.9 Å². The second-order valence-electron chi connectivity index (χ2n) is 21.6. The number of benzene rings is 11. The van der Waals surface area contributed by atoms with Crippen molar-refractivity contribution in [2.24, 2.45) is 0 Å². The summed E-state index contributed by atoms with van der Waals surface area (Å²) in [6, 6.07) is 96.7. The number of aromatic nitrogens is 4. The minimum absolute atomic E-state index is 0.0268. The summed E-state index contributed by atoms with van der Waals surface area (Å²) in [5.74, 6) is 1.47. The van der Waals surface area contributed by atoms with Crippen molar-refractivity contribution in [2.45, 2.75) is 11.8 Å². The minimum atomic E-state index is 0.0268. The van der Waals surface area contributed by atoms with E-state index in [1.165, 1.54) is 96.0 Å². The van der Waals surface area contributed by atoms with E-state index in [0.717, 1.165) is 56.2 Å². The summed E-state index contributed by atoms with van der Waals surface area (Å²) in [5, 5.41) is 5.22. The molecule has 3 aliphatic carbocycles. The second-order valence-corrected chi connectivity index (χ2v) is 23.7. The molecule has 0 radical (unpaired) electrons. The van der Waals surface area contributed by atoms with E-state index in [1.54, 1.807) is 0 Å². The summed E-state index contributed by atoms with van der Waals surface area (Å²) in [6.45, 7) is 0. The molecule has 0 saturated carbocycles. The lowest BCUT2D eigenvalue weighted by molar-refractivity contribution is 0.754. The zero-order chi connectivity index (χ0) is 53.8. The Morgan fingerprint density at radius 1 is 0.232 bits per heavy atom. The van der Waals surface area contributed by atoms with Gasteiger partial charge in [0.05, 0.1) is 22.8 Å². The molecule has 2 atom stereocenters. The van der Waals surface area contributed by atoms with Crippen LogP contribution in [-0.2, 0) is 0 Å². The Kier molecular flexibility index (Phi) is 10.8. The molecule has 4 heterocycles. The van der Waals surface area contributed by atoms with Crippen LogP contribution in [0.2, 0.25) is 0 Å². The summed E-state index contributed by atoms with van der Waals surface area (Å²) < 4.78 is 5.24. The van der Waals surface area contributed by atoms with Gasteiger partial charge < -0.3 is 0 Å². The third kappa shape index (κ3) is 7.63. The minimum Gasteiger partial charge on any atom is -0.228 e. The normalized spacial score (nSPS) is 14.1. The van der Waals surface area contributed by atoms with E-state index in [2.05, 4.69) is 267 Å². The molecular formula is C76H46N4S2. The summed E-state index contributed by atoms with van der Waals surface area (Å²) in [7, 11) is 0. The van der Waals surface area contributed by atoms with E-state index in [-0.39, 0.29) is 11.8 Å².